The lowest BCUT2D eigenvalue weighted by Crippen LogP contribution is -2.62. The zero-order valence-electron chi connectivity index (χ0n) is 45.0. The summed E-state index contributed by atoms with van der Waals surface area (Å²) < 4.78 is 0. The molecule has 0 unspecified atom stereocenters. The summed E-state index contributed by atoms with van der Waals surface area (Å²) in [6.07, 6.45) is 6.72. The molecule has 9 atom stereocenters. The number of allylic oxidation sites excluding steroid dienone is 3. The van der Waals surface area contributed by atoms with E-state index in [0.29, 0.717) is 42.0 Å². The summed E-state index contributed by atoms with van der Waals surface area (Å²) in [5.41, 5.74) is 20.6. The average molecular weight is 1190 g/mol. The minimum Gasteiger partial charge on any atom is -0.508 e. The number of aliphatic hydroxyl groups excluding tert-OH is 1. The maximum Gasteiger partial charge on any atom is 0.245 e. The number of carbonyl (C=O) groups is 8. The number of benzene rings is 3. The number of hydrogen-bond acceptors (Lipinski definition) is 17. The van der Waals surface area contributed by atoms with Gasteiger partial charge in [0.25, 0.3) is 0 Å². The summed E-state index contributed by atoms with van der Waals surface area (Å²) in [4.78, 5) is 121. The number of aromatic nitrogens is 1. The number of phenols is 1. The smallest absolute Gasteiger partial charge is 0.245 e. The molecule has 0 saturated carbocycles. The van der Waals surface area contributed by atoms with E-state index in [0.717, 1.165) is 48.8 Å². The number of unbranched alkanes of at least 4 members (excludes halogenated alkanes) is 2. The van der Waals surface area contributed by atoms with Crippen LogP contribution in [0.15, 0.2) is 113 Å². The van der Waals surface area contributed by atoms with Crippen molar-refractivity contribution in [1.29, 1.82) is 0 Å². The monoisotopic (exact) mass is 1190 g/mol. The number of aromatic hydroxyl groups is 1. The van der Waals surface area contributed by atoms with Crippen LogP contribution in [-0.4, -0.2) is 147 Å². The van der Waals surface area contributed by atoms with Gasteiger partial charge in [-0.15, -0.1) is 0 Å². The first-order valence-corrected chi connectivity index (χ1v) is 31.0. The van der Waals surface area contributed by atoms with Crippen LogP contribution in [0.2, 0.25) is 0 Å². The predicted molar refractivity (Wildman–Crippen MR) is 321 cm³/mol. The number of hydrogen-bond donors (Lipinski definition) is 13. The highest BCUT2D eigenvalue weighted by molar-refractivity contribution is 8.78. The molecule has 4 aromatic rings. The lowest BCUT2D eigenvalue weighted by Gasteiger charge is -2.29. The van der Waals surface area contributed by atoms with Gasteiger partial charge < -0.3 is 69.6 Å². The lowest BCUT2D eigenvalue weighted by molar-refractivity contribution is -0.136. The van der Waals surface area contributed by atoms with Crippen molar-refractivity contribution >= 4 is 108 Å². The molecule has 8 amide bonds. The van der Waals surface area contributed by atoms with Gasteiger partial charge in [0.2, 0.25) is 47.3 Å². The molecule has 2 heterocycles. The van der Waals surface area contributed by atoms with Gasteiger partial charge in [-0.2, -0.15) is 0 Å². The molecule has 0 radical (unpaired) electrons. The first-order chi connectivity index (χ1) is 38.9. The Labute approximate surface area is 486 Å². The average Bonchev–Trinajstić information content (AvgIpc) is 3.90. The van der Waals surface area contributed by atoms with Crippen molar-refractivity contribution in [2.24, 2.45) is 22.2 Å². The van der Waals surface area contributed by atoms with Crippen LogP contribution in [0.1, 0.15) is 56.2 Å². The number of phenolic OH excluding ortho intramolecular Hbond substituents is 1. The van der Waals surface area contributed by atoms with Gasteiger partial charge in [-0.05, 0) is 98.1 Å². The molecule has 1 aliphatic rings. The molecule has 26 heteroatoms. The molecule has 81 heavy (non-hydrogen) atoms. The largest absolute Gasteiger partial charge is 0.508 e. The number of aliphatic imine (C=N–C) groups is 1. The lowest BCUT2D eigenvalue weighted by atomic mass is 10.0. The van der Waals surface area contributed by atoms with E-state index in [9.17, 15) is 48.6 Å². The fourth-order valence-corrected chi connectivity index (χ4v) is 12.6. The maximum atomic E-state index is 14.9. The summed E-state index contributed by atoms with van der Waals surface area (Å²) in [5.74, 6) is -7.40. The SMILES string of the molecule is C=N/C(=C\C=C/C)SSC[C@H](NC(=O)[C@@H]1CSSC[C@H](NC(=O)[C@H](N)Cc2ccccc2)C(=O)N[C@@H](Cc2ccc(O)cc2)C(=O)N[C@H](Cc2c[nH]c3ccccc23)C(=O)N[C@@H](CCCCCN)C(=O)N[C@@H]([C@@H](C)O)C(=O)N1)C(N)=O. The molecule has 22 nitrogen and oxygen atoms in total. The van der Waals surface area contributed by atoms with Crippen LogP contribution < -0.4 is 54.4 Å². The first-order valence-electron chi connectivity index (χ1n) is 26.2. The Hall–Kier alpha value is -6.81. The van der Waals surface area contributed by atoms with Gasteiger partial charge in [0.15, 0.2) is 0 Å². The number of aromatic amines is 1. The van der Waals surface area contributed by atoms with Gasteiger partial charge in [0, 0.05) is 47.2 Å². The number of nitrogens with one attached hydrogen (secondary N) is 8. The summed E-state index contributed by atoms with van der Waals surface area (Å²) in [7, 11) is 4.33. The highest BCUT2D eigenvalue weighted by atomic mass is 33.1. The quantitative estimate of drug-likeness (QED) is 0.0218. The minimum absolute atomic E-state index is 0.0280. The van der Waals surface area contributed by atoms with E-state index in [4.69, 9.17) is 17.2 Å². The topological polar surface area (TPSA) is 367 Å². The fraction of sp³-hybridized carbons (Fsp3) is 0.400. The van der Waals surface area contributed by atoms with Gasteiger partial charge in [0.05, 0.1) is 12.1 Å². The molecule has 16 N–H and O–H groups in total. The van der Waals surface area contributed by atoms with Crippen molar-refractivity contribution in [2.75, 3.05) is 23.8 Å². The van der Waals surface area contributed by atoms with Crippen LogP contribution in [0, 0.1) is 0 Å². The van der Waals surface area contributed by atoms with E-state index >= 15 is 0 Å². The number of carbonyl (C=O) groups excluding carboxylic acids is 8. The molecule has 0 bridgehead atoms. The van der Waals surface area contributed by atoms with Crippen LogP contribution in [-0.2, 0) is 57.6 Å². The third-order valence-corrected chi connectivity index (χ3v) is 17.4. The highest BCUT2D eigenvalue weighted by Gasteiger charge is 2.37. The molecule has 0 spiro atoms. The van der Waals surface area contributed by atoms with Crippen LogP contribution in [0.25, 0.3) is 10.9 Å². The van der Waals surface area contributed by atoms with Crippen molar-refractivity contribution in [3.8, 4) is 5.75 Å². The third-order valence-electron chi connectivity index (χ3n) is 12.7. The van der Waals surface area contributed by atoms with Crippen molar-refractivity contribution in [3.63, 3.8) is 0 Å². The first kappa shape index (κ1) is 65.0. The van der Waals surface area contributed by atoms with Crippen LogP contribution >= 0.6 is 43.2 Å². The number of nitrogens with two attached hydrogens (primary N) is 3. The van der Waals surface area contributed by atoms with Gasteiger partial charge in [-0.25, -0.2) is 0 Å². The molecule has 1 fully saturated rings. The Kier molecular flexibility index (Phi) is 27.1. The summed E-state index contributed by atoms with van der Waals surface area (Å²) in [6.45, 7) is 6.98. The van der Waals surface area contributed by atoms with Crippen molar-refractivity contribution in [3.05, 3.63) is 125 Å². The fourth-order valence-electron chi connectivity index (χ4n) is 8.24. The number of rotatable bonds is 23. The third kappa shape index (κ3) is 21.2. The number of H-pyrrole nitrogens is 1. The molecule has 1 saturated heterocycles. The second-order valence-electron chi connectivity index (χ2n) is 19.0. The second kappa shape index (κ2) is 33.8. The molecule has 1 aliphatic heterocycles. The number of primary amides is 1. The normalized spacial score (nSPS) is 21.3. The number of fused-ring (bicyclic) bond motifs is 1. The Morgan fingerprint density at radius 3 is 2.15 bits per heavy atom. The number of amides is 8. The Morgan fingerprint density at radius 2 is 1.47 bits per heavy atom. The van der Waals surface area contributed by atoms with Crippen molar-refractivity contribution in [1.82, 2.24) is 42.2 Å². The van der Waals surface area contributed by atoms with E-state index in [1.54, 1.807) is 60.8 Å². The van der Waals surface area contributed by atoms with E-state index in [1.165, 1.54) is 29.9 Å². The van der Waals surface area contributed by atoms with Crippen LogP contribution in [0.3, 0.4) is 0 Å². The van der Waals surface area contributed by atoms with Crippen LogP contribution in [0.5, 0.6) is 5.75 Å². The van der Waals surface area contributed by atoms with Crippen molar-refractivity contribution < 1.29 is 48.6 Å². The summed E-state index contributed by atoms with van der Waals surface area (Å²) >= 11 is 0. The molecule has 5 rings (SSSR count). The van der Waals surface area contributed by atoms with Gasteiger partial charge in [-0.3, -0.25) is 43.3 Å². The molecule has 1 aromatic heterocycles. The highest BCUT2D eigenvalue weighted by Crippen LogP contribution is 2.31. The molecule has 3 aromatic carbocycles. The summed E-state index contributed by atoms with van der Waals surface area (Å²) in [6, 6.07) is 11.0. The number of para-hydroxylation sites is 1. The molecule has 0 aliphatic carbocycles. The molecular weight excluding hydrogens is 1120 g/mol. The van der Waals surface area contributed by atoms with Crippen LogP contribution in [0.4, 0.5) is 0 Å². The van der Waals surface area contributed by atoms with Gasteiger partial charge in [0.1, 0.15) is 53.1 Å². The van der Waals surface area contributed by atoms with E-state index in [-0.39, 0.29) is 48.7 Å². The number of nitrogens with zero attached hydrogens (tertiary/aromatic N) is 1. The Balaban J connectivity index is 1.57. The van der Waals surface area contributed by atoms with E-state index < -0.39 is 102 Å². The summed E-state index contributed by atoms with van der Waals surface area (Å²) in [5, 5.41) is 41.4. The zero-order valence-corrected chi connectivity index (χ0v) is 48.2. The Bertz CT molecular complexity index is 2840. The van der Waals surface area contributed by atoms with Crippen molar-refractivity contribution in [2.45, 2.75) is 113 Å². The Morgan fingerprint density at radius 1 is 0.815 bits per heavy atom. The molecule has 436 valence electrons. The van der Waals surface area contributed by atoms with Gasteiger partial charge in [-0.1, -0.05) is 118 Å². The zero-order chi connectivity index (χ0) is 58.8. The molecular formula is C55H72N12O10S4. The van der Waals surface area contributed by atoms with E-state index in [2.05, 4.69) is 53.9 Å². The second-order valence-corrected chi connectivity index (χ2v) is 23.9. The van der Waals surface area contributed by atoms with Gasteiger partial charge >= 0.3 is 0 Å². The maximum absolute atomic E-state index is 14.9. The standard InChI is InChI=1S/C55H72N12O10S4/c1-4-5-19-46(59-3)81-80-29-43(48(58)70)64-54(76)45-31-79-78-30-44(65-49(71)38(57)25-33-14-8-6-9-15-33)53(75)62-41(26-34-20-22-36(69)23-21-34)51(73)63-42(27-35-28-60-39-17-12-11-16-37(35)39)52(74)61-40(18-10-7-13-24-56)50(72)67-47(32(2)68)55(77)66-45/h4-6,8-9,11-12,14-17,19-23,28,32,38,40-45,47,60,68-69H,3,7,10,13,18,24-27,29-31,56-57H2,1-2H3,(H2,58,70)(H,61,74)(H,62,75)(H,63,73)(H,64,76)(H,65,71)(H,66,77)(H,67,72)/b5-4-,46-19+/t32-,38-,40+,41+,42-,43+,44+,45+,47+/m1/s1. The number of aliphatic hydroxyl groups is 1. The van der Waals surface area contributed by atoms with E-state index in [1.807, 2.05) is 37.3 Å². The minimum atomic E-state index is -1.71. The predicted octanol–water partition coefficient (Wildman–Crippen LogP) is 1.90.